The Kier molecular flexibility index (Phi) is 4.04. The molecular formula is C13H17N3O2. The van der Waals surface area contributed by atoms with Gasteiger partial charge in [-0.3, -0.25) is 4.98 Å². The molecule has 2 atom stereocenters. The average Bonchev–Trinajstić information content (AvgIpc) is 2.79. The Morgan fingerprint density at radius 2 is 2.22 bits per heavy atom. The number of rotatable bonds is 5. The molecule has 18 heavy (non-hydrogen) atoms. The van der Waals surface area contributed by atoms with E-state index < -0.39 is 6.10 Å². The van der Waals surface area contributed by atoms with Gasteiger partial charge in [0.1, 0.15) is 0 Å². The quantitative estimate of drug-likeness (QED) is 0.874. The van der Waals surface area contributed by atoms with E-state index in [4.69, 9.17) is 4.52 Å². The van der Waals surface area contributed by atoms with Crippen LogP contribution in [0.25, 0.3) is 0 Å². The molecule has 2 aromatic heterocycles. The van der Waals surface area contributed by atoms with Crippen LogP contribution in [0, 0.1) is 0 Å². The van der Waals surface area contributed by atoms with E-state index in [1.807, 2.05) is 25.1 Å². The molecule has 2 aromatic rings. The molecule has 0 saturated heterocycles. The molecule has 0 saturated carbocycles. The lowest BCUT2D eigenvalue weighted by Gasteiger charge is -2.12. The molecule has 0 aromatic carbocycles. The summed E-state index contributed by atoms with van der Waals surface area (Å²) in [7, 11) is 0. The van der Waals surface area contributed by atoms with Gasteiger partial charge >= 0.3 is 0 Å². The highest BCUT2D eigenvalue weighted by Gasteiger charge is 2.22. The van der Waals surface area contributed by atoms with E-state index in [0.717, 1.165) is 12.1 Å². The Bertz CT molecular complexity index is 482. The van der Waals surface area contributed by atoms with Crippen LogP contribution in [0.1, 0.15) is 43.6 Å². The van der Waals surface area contributed by atoms with Crippen LogP contribution in [-0.2, 0) is 6.42 Å². The van der Waals surface area contributed by atoms with Crippen molar-refractivity contribution in [1.29, 1.82) is 0 Å². The zero-order chi connectivity index (χ0) is 13.0. The topological polar surface area (TPSA) is 72.0 Å². The van der Waals surface area contributed by atoms with Crippen molar-refractivity contribution < 1.29 is 9.63 Å². The third kappa shape index (κ3) is 2.92. The Balaban J connectivity index is 2.11. The van der Waals surface area contributed by atoms with E-state index in [9.17, 15) is 5.11 Å². The molecule has 2 rings (SSSR count). The lowest BCUT2D eigenvalue weighted by molar-refractivity contribution is 0.141. The highest BCUT2D eigenvalue weighted by molar-refractivity contribution is 5.09. The molecule has 2 unspecified atom stereocenters. The van der Waals surface area contributed by atoms with Crippen LogP contribution in [0.4, 0.5) is 0 Å². The minimum atomic E-state index is -0.488. The molecule has 0 fully saturated rings. The van der Waals surface area contributed by atoms with E-state index in [1.54, 1.807) is 13.1 Å². The summed E-state index contributed by atoms with van der Waals surface area (Å²) in [6.07, 6.45) is 2.56. The second kappa shape index (κ2) is 5.73. The number of hydrogen-bond donors (Lipinski definition) is 1. The maximum atomic E-state index is 9.62. The van der Waals surface area contributed by atoms with Gasteiger partial charge < -0.3 is 9.63 Å². The maximum absolute atomic E-state index is 9.62. The maximum Gasteiger partial charge on any atom is 0.232 e. The molecule has 0 amide bonds. The van der Waals surface area contributed by atoms with Crippen molar-refractivity contribution in [3.05, 3.63) is 41.8 Å². The zero-order valence-electron chi connectivity index (χ0n) is 10.6. The van der Waals surface area contributed by atoms with Gasteiger partial charge in [0.05, 0.1) is 18.4 Å². The van der Waals surface area contributed by atoms with Crippen LogP contribution in [0.2, 0.25) is 0 Å². The molecule has 2 heterocycles. The van der Waals surface area contributed by atoms with Crippen LogP contribution in [0.15, 0.2) is 28.9 Å². The highest BCUT2D eigenvalue weighted by atomic mass is 16.5. The number of nitrogens with zero attached hydrogens (tertiary/aromatic N) is 3. The Labute approximate surface area is 106 Å². The monoisotopic (exact) mass is 247 g/mol. The molecule has 5 nitrogen and oxygen atoms in total. The molecule has 5 heteroatoms. The fourth-order valence-electron chi connectivity index (χ4n) is 1.88. The second-order valence-electron chi connectivity index (χ2n) is 4.30. The molecule has 0 spiro atoms. The Morgan fingerprint density at radius 3 is 2.83 bits per heavy atom. The van der Waals surface area contributed by atoms with Crippen molar-refractivity contribution >= 4 is 0 Å². The van der Waals surface area contributed by atoms with Crippen LogP contribution in [-0.4, -0.2) is 26.3 Å². The number of hydrogen-bond acceptors (Lipinski definition) is 5. The molecular weight excluding hydrogens is 230 g/mol. The molecule has 0 aliphatic carbocycles. The Hall–Kier alpha value is -1.75. The van der Waals surface area contributed by atoms with Crippen molar-refractivity contribution in [2.24, 2.45) is 0 Å². The van der Waals surface area contributed by atoms with Gasteiger partial charge in [0, 0.05) is 11.9 Å². The largest absolute Gasteiger partial charge is 0.393 e. The highest BCUT2D eigenvalue weighted by Crippen LogP contribution is 2.21. The van der Waals surface area contributed by atoms with E-state index in [-0.39, 0.29) is 5.92 Å². The summed E-state index contributed by atoms with van der Waals surface area (Å²) in [5, 5.41) is 13.5. The smallest absolute Gasteiger partial charge is 0.232 e. The lowest BCUT2D eigenvalue weighted by Crippen LogP contribution is -2.14. The van der Waals surface area contributed by atoms with Crippen LogP contribution in [0.3, 0.4) is 0 Å². The van der Waals surface area contributed by atoms with E-state index in [1.165, 1.54) is 0 Å². The minimum absolute atomic E-state index is 0.102. The van der Waals surface area contributed by atoms with Crippen LogP contribution >= 0.6 is 0 Å². The summed E-state index contributed by atoms with van der Waals surface area (Å²) in [4.78, 5) is 8.53. The van der Waals surface area contributed by atoms with Gasteiger partial charge in [-0.15, -0.1) is 0 Å². The lowest BCUT2D eigenvalue weighted by atomic mass is 10.0. The molecule has 0 radical (unpaired) electrons. The first-order valence-corrected chi connectivity index (χ1v) is 6.11. The van der Waals surface area contributed by atoms with Crippen LogP contribution in [0.5, 0.6) is 0 Å². The summed E-state index contributed by atoms with van der Waals surface area (Å²) < 4.78 is 5.20. The van der Waals surface area contributed by atoms with Gasteiger partial charge in [0.2, 0.25) is 5.89 Å². The van der Waals surface area contributed by atoms with Gasteiger partial charge in [-0.25, -0.2) is 0 Å². The SMILES string of the molecule is CCC(c1nc(Cc2ccccn2)no1)C(C)O. The molecule has 0 aliphatic heterocycles. The molecule has 0 aliphatic rings. The fraction of sp³-hybridized carbons (Fsp3) is 0.462. The number of aliphatic hydroxyl groups is 1. The standard InChI is InChI=1S/C13H17N3O2/c1-3-11(9(2)17)13-15-12(16-18-13)8-10-6-4-5-7-14-10/h4-7,9,11,17H,3,8H2,1-2H3. The minimum Gasteiger partial charge on any atom is -0.393 e. The number of aromatic nitrogens is 3. The first kappa shape index (κ1) is 12.7. The summed E-state index contributed by atoms with van der Waals surface area (Å²) in [6, 6.07) is 5.71. The van der Waals surface area contributed by atoms with Gasteiger partial charge in [0.25, 0.3) is 0 Å². The zero-order valence-corrected chi connectivity index (χ0v) is 10.6. The summed E-state index contributed by atoms with van der Waals surface area (Å²) in [6.45, 7) is 3.72. The third-order valence-corrected chi connectivity index (χ3v) is 2.89. The van der Waals surface area contributed by atoms with Crippen molar-refractivity contribution in [2.75, 3.05) is 0 Å². The Morgan fingerprint density at radius 1 is 1.39 bits per heavy atom. The van der Waals surface area contributed by atoms with Gasteiger partial charge in [-0.05, 0) is 25.5 Å². The fourth-order valence-corrected chi connectivity index (χ4v) is 1.88. The molecule has 96 valence electrons. The van der Waals surface area contributed by atoms with E-state index in [2.05, 4.69) is 15.1 Å². The number of aliphatic hydroxyl groups excluding tert-OH is 1. The third-order valence-electron chi connectivity index (χ3n) is 2.89. The summed E-state index contributed by atoms with van der Waals surface area (Å²) >= 11 is 0. The number of pyridine rings is 1. The summed E-state index contributed by atoms with van der Waals surface area (Å²) in [5.41, 5.74) is 0.898. The second-order valence-corrected chi connectivity index (χ2v) is 4.30. The van der Waals surface area contributed by atoms with Gasteiger partial charge in [0.15, 0.2) is 5.82 Å². The van der Waals surface area contributed by atoms with Crippen molar-refractivity contribution in [3.63, 3.8) is 0 Å². The van der Waals surface area contributed by atoms with Gasteiger partial charge in [-0.2, -0.15) is 4.98 Å². The molecule has 0 bridgehead atoms. The average molecular weight is 247 g/mol. The normalized spacial score (nSPS) is 14.4. The predicted molar refractivity (Wildman–Crippen MR) is 66.1 cm³/mol. The first-order chi connectivity index (χ1) is 8.70. The summed E-state index contributed by atoms with van der Waals surface area (Å²) in [5.74, 6) is 0.996. The molecule has 1 N–H and O–H groups in total. The van der Waals surface area contributed by atoms with Crippen molar-refractivity contribution in [2.45, 2.75) is 38.7 Å². The van der Waals surface area contributed by atoms with Crippen molar-refractivity contribution in [3.8, 4) is 0 Å². The van der Waals surface area contributed by atoms with E-state index >= 15 is 0 Å². The first-order valence-electron chi connectivity index (χ1n) is 6.11. The van der Waals surface area contributed by atoms with Crippen molar-refractivity contribution in [1.82, 2.24) is 15.1 Å². The van der Waals surface area contributed by atoms with Gasteiger partial charge in [-0.1, -0.05) is 18.1 Å². The predicted octanol–water partition coefficient (Wildman–Crippen LogP) is 1.93. The van der Waals surface area contributed by atoms with Crippen LogP contribution < -0.4 is 0 Å². The van der Waals surface area contributed by atoms with E-state index in [0.29, 0.717) is 18.1 Å².